The first-order valence-corrected chi connectivity index (χ1v) is 6.75. The Morgan fingerprint density at radius 2 is 2.27 bits per heavy atom. The number of hydrogen-bond donors (Lipinski definition) is 1. The van der Waals surface area contributed by atoms with E-state index < -0.39 is 0 Å². The number of benzene rings is 1. The summed E-state index contributed by atoms with van der Waals surface area (Å²) in [6.45, 7) is 2.04. The van der Waals surface area contributed by atoms with E-state index in [2.05, 4.69) is 15.5 Å². The maximum Gasteiger partial charge on any atom is 0.246 e. The molecule has 1 fully saturated rings. The molecule has 0 aliphatic carbocycles. The van der Waals surface area contributed by atoms with Crippen molar-refractivity contribution < 1.29 is 13.7 Å². The Labute approximate surface area is 133 Å². The number of carbonyl (C=O) groups is 1. The molecule has 22 heavy (non-hydrogen) atoms. The number of rotatable bonds is 4. The average Bonchev–Trinajstić information content (AvgIpc) is 2.89. The highest BCUT2D eigenvalue weighted by atomic mass is 35.5. The van der Waals surface area contributed by atoms with Crippen LogP contribution in [0.5, 0.6) is 0 Å². The van der Waals surface area contributed by atoms with Crippen molar-refractivity contribution in [3.8, 4) is 0 Å². The summed E-state index contributed by atoms with van der Waals surface area (Å²) in [6, 6.07) is 6.28. The van der Waals surface area contributed by atoms with E-state index in [1.165, 1.54) is 12.1 Å². The van der Waals surface area contributed by atoms with Gasteiger partial charge < -0.3 is 14.7 Å². The molecule has 0 saturated carbocycles. The zero-order valence-corrected chi connectivity index (χ0v) is 12.6. The fourth-order valence-corrected chi connectivity index (χ4v) is 2.23. The van der Waals surface area contributed by atoms with Gasteiger partial charge in [-0.15, -0.1) is 12.4 Å². The van der Waals surface area contributed by atoms with Crippen LogP contribution in [0.15, 0.2) is 28.8 Å². The predicted octanol–water partition coefficient (Wildman–Crippen LogP) is 1.15. The molecular formula is C14H16ClFN4O2. The summed E-state index contributed by atoms with van der Waals surface area (Å²) >= 11 is 0. The second kappa shape index (κ2) is 7.33. The molecule has 3 rings (SSSR count). The molecule has 1 N–H and O–H groups in total. The molecule has 0 unspecified atom stereocenters. The van der Waals surface area contributed by atoms with Crippen LogP contribution < -0.4 is 5.32 Å². The fraction of sp³-hybridized carbons (Fsp3) is 0.357. The van der Waals surface area contributed by atoms with Gasteiger partial charge in [-0.1, -0.05) is 17.3 Å². The minimum absolute atomic E-state index is 0. The summed E-state index contributed by atoms with van der Waals surface area (Å²) in [5, 5.41) is 6.87. The van der Waals surface area contributed by atoms with E-state index in [9.17, 15) is 9.18 Å². The first kappa shape index (κ1) is 16.4. The molecule has 8 heteroatoms. The summed E-state index contributed by atoms with van der Waals surface area (Å²) in [7, 11) is 0. The maximum absolute atomic E-state index is 13.1. The van der Waals surface area contributed by atoms with Gasteiger partial charge in [0, 0.05) is 19.5 Å². The lowest BCUT2D eigenvalue weighted by atomic mass is 10.1. The Morgan fingerprint density at radius 3 is 3.05 bits per heavy atom. The summed E-state index contributed by atoms with van der Waals surface area (Å²) in [5.74, 6) is 0.614. The van der Waals surface area contributed by atoms with Crippen LogP contribution in [0.3, 0.4) is 0 Å². The molecule has 1 amide bonds. The predicted molar refractivity (Wildman–Crippen MR) is 79.0 cm³/mol. The van der Waals surface area contributed by atoms with Crippen LogP contribution in [0.25, 0.3) is 0 Å². The molecule has 1 aromatic carbocycles. The van der Waals surface area contributed by atoms with Crippen LogP contribution in [0.1, 0.15) is 17.3 Å². The Bertz CT molecular complexity index is 649. The van der Waals surface area contributed by atoms with Gasteiger partial charge in [0.1, 0.15) is 12.4 Å². The number of aromatic nitrogens is 2. The topological polar surface area (TPSA) is 71.3 Å². The van der Waals surface area contributed by atoms with Crippen LogP contribution in [0.2, 0.25) is 0 Å². The van der Waals surface area contributed by atoms with Crippen molar-refractivity contribution in [1.29, 1.82) is 0 Å². The molecule has 6 nitrogen and oxygen atoms in total. The van der Waals surface area contributed by atoms with Crippen LogP contribution >= 0.6 is 12.4 Å². The normalized spacial score (nSPS) is 14.8. The maximum atomic E-state index is 13.1. The van der Waals surface area contributed by atoms with Crippen molar-refractivity contribution in [3.63, 3.8) is 0 Å². The van der Waals surface area contributed by atoms with Crippen molar-refractivity contribution in [2.24, 2.45) is 0 Å². The Hall–Kier alpha value is -1.99. The molecule has 118 valence electrons. The standard InChI is InChI=1S/C14H15FN4O2.ClH/c15-11-3-1-2-10(6-11)7-12-17-13(21-18-12)9-19-5-4-16-8-14(19)20;/h1-3,6,16H,4-5,7-9H2;1H. The molecule has 1 saturated heterocycles. The zero-order valence-electron chi connectivity index (χ0n) is 11.8. The van der Waals surface area contributed by atoms with Gasteiger partial charge in [-0.3, -0.25) is 4.79 Å². The van der Waals surface area contributed by atoms with E-state index in [1.54, 1.807) is 17.0 Å². The van der Waals surface area contributed by atoms with E-state index in [1.807, 2.05) is 0 Å². The number of amides is 1. The van der Waals surface area contributed by atoms with Crippen molar-refractivity contribution in [1.82, 2.24) is 20.4 Å². The lowest BCUT2D eigenvalue weighted by molar-refractivity contribution is -0.132. The van der Waals surface area contributed by atoms with Crippen LogP contribution in [0.4, 0.5) is 4.39 Å². The Balaban J connectivity index is 0.00000176. The largest absolute Gasteiger partial charge is 0.337 e. The van der Waals surface area contributed by atoms with E-state index in [0.717, 1.165) is 12.1 Å². The molecule has 1 aromatic heterocycles. The van der Waals surface area contributed by atoms with Gasteiger partial charge in [0.25, 0.3) is 0 Å². The van der Waals surface area contributed by atoms with Gasteiger partial charge in [-0.2, -0.15) is 4.98 Å². The zero-order chi connectivity index (χ0) is 14.7. The summed E-state index contributed by atoms with van der Waals surface area (Å²) < 4.78 is 18.3. The summed E-state index contributed by atoms with van der Waals surface area (Å²) in [6.07, 6.45) is 0.400. The van der Waals surface area contributed by atoms with Gasteiger partial charge in [0.2, 0.25) is 11.8 Å². The van der Waals surface area contributed by atoms with E-state index in [4.69, 9.17) is 4.52 Å². The van der Waals surface area contributed by atoms with Crippen molar-refractivity contribution in [2.45, 2.75) is 13.0 Å². The highest BCUT2D eigenvalue weighted by Gasteiger charge is 2.20. The van der Waals surface area contributed by atoms with Crippen LogP contribution in [0, 0.1) is 5.82 Å². The third-order valence-corrected chi connectivity index (χ3v) is 3.27. The van der Waals surface area contributed by atoms with E-state index >= 15 is 0 Å². The van der Waals surface area contributed by atoms with E-state index in [-0.39, 0.29) is 24.1 Å². The third kappa shape index (κ3) is 4.02. The molecule has 0 atom stereocenters. The number of halogens is 2. The smallest absolute Gasteiger partial charge is 0.246 e. The average molecular weight is 327 g/mol. The Morgan fingerprint density at radius 1 is 1.41 bits per heavy atom. The van der Waals surface area contributed by atoms with Gasteiger partial charge in [0.05, 0.1) is 6.54 Å². The number of carbonyl (C=O) groups excluding carboxylic acids is 1. The monoisotopic (exact) mass is 326 g/mol. The van der Waals surface area contributed by atoms with E-state index in [0.29, 0.717) is 37.8 Å². The Kier molecular flexibility index (Phi) is 5.46. The summed E-state index contributed by atoms with van der Waals surface area (Å²) in [5.41, 5.74) is 0.778. The van der Waals surface area contributed by atoms with Crippen molar-refractivity contribution in [3.05, 3.63) is 47.4 Å². The molecule has 1 aliphatic heterocycles. The molecular weight excluding hydrogens is 311 g/mol. The van der Waals surface area contributed by atoms with Crippen LogP contribution in [-0.2, 0) is 17.8 Å². The molecule has 2 aromatic rings. The highest BCUT2D eigenvalue weighted by molar-refractivity contribution is 5.85. The van der Waals surface area contributed by atoms with Gasteiger partial charge in [0.15, 0.2) is 5.82 Å². The minimum Gasteiger partial charge on any atom is -0.337 e. The molecule has 2 heterocycles. The third-order valence-electron chi connectivity index (χ3n) is 3.27. The molecule has 1 aliphatic rings. The number of nitrogens with zero attached hydrogens (tertiary/aromatic N) is 3. The molecule has 0 radical (unpaired) electrons. The fourth-order valence-electron chi connectivity index (χ4n) is 2.23. The second-order valence-electron chi connectivity index (χ2n) is 4.90. The summed E-state index contributed by atoms with van der Waals surface area (Å²) in [4.78, 5) is 17.6. The quantitative estimate of drug-likeness (QED) is 0.912. The van der Waals surface area contributed by atoms with Crippen molar-refractivity contribution >= 4 is 18.3 Å². The lowest BCUT2D eigenvalue weighted by Crippen LogP contribution is -2.47. The molecule has 0 bridgehead atoms. The number of hydrogen-bond acceptors (Lipinski definition) is 5. The SMILES string of the molecule is Cl.O=C1CNCCN1Cc1nc(Cc2cccc(F)c2)no1. The second-order valence-corrected chi connectivity index (χ2v) is 4.90. The van der Waals surface area contributed by atoms with Gasteiger partial charge in [-0.05, 0) is 17.7 Å². The van der Waals surface area contributed by atoms with Gasteiger partial charge in [-0.25, -0.2) is 4.39 Å². The number of piperazine rings is 1. The first-order valence-electron chi connectivity index (χ1n) is 6.75. The first-order chi connectivity index (χ1) is 10.2. The van der Waals surface area contributed by atoms with Crippen LogP contribution in [-0.4, -0.2) is 40.6 Å². The van der Waals surface area contributed by atoms with Gasteiger partial charge >= 0.3 is 0 Å². The number of nitrogens with one attached hydrogen (secondary N) is 1. The minimum atomic E-state index is -0.289. The lowest BCUT2D eigenvalue weighted by Gasteiger charge is -2.25. The highest BCUT2D eigenvalue weighted by Crippen LogP contribution is 2.10. The van der Waals surface area contributed by atoms with Crippen molar-refractivity contribution in [2.75, 3.05) is 19.6 Å². The molecule has 0 spiro atoms.